The van der Waals surface area contributed by atoms with E-state index in [1.54, 1.807) is 19.1 Å². The van der Waals surface area contributed by atoms with Gasteiger partial charge in [-0.05, 0) is 38.8 Å². The molecule has 0 aliphatic carbocycles. The Morgan fingerprint density at radius 2 is 1.97 bits per heavy atom. The van der Waals surface area contributed by atoms with Gasteiger partial charge in [0.05, 0.1) is 11.5 Å². The van der Waals surface area contributed by atoms with Crippen LogP contribution in [-0.2, 0) is 19.6 Å². The molecule has 0 saturated carbocycles. The van der Waals surface area contributed by atoms with Crippen molar-refractivity contribution in [2.24, 2.45) is 5.92 Å². The van der Waals surface area contributed by atoms with Gasteiger partial charge >= 0.3 is 5.97 Å². The van der Waals surface area contributed by atoms with Gasteiger partial charge in [0.2, 0.25) is 15.9 Å². The summed E-state index contributed by atoms with van der Waals surface area (Å²) in [5.74, 6) is -1.39. The first-order valence-electron chi connectivity index (χ1n) is 9.77. The number of rotatable bonds is 7. The maximum Gasteiger partial charge on any atom is 0.357 e. The number of amides is 1. The van der Waals surface area contributed by atoms with Crippen molar-refractivity contribution in [1.82, 2.24) is 9.29 Å². The molecule has 11 heteroatoms. The quantitative estimate of drug-likeness (QED) is 0.492. The summed E-state index contributed by atoms with van der Waals surface area (Å²) < 4.78 is 32.0. The second-order valence-electron chi connectivity index (χ2n) is 7.01. The Hall–Kier alpha value is -2.63. The topological polar surface area (TPSA) is 123 Å². The van der Waals surface area contributed by atoms with Crippen LogP contribution in [0.4, 0.5) is 5.13 Å². The number of carbonyl (C=O) groups is 3. The number of piperidine rings is 1. The minimum atomic E-state index is -3.75. The van der Waals surface area contributed by atoms with Crippen LogP contribution >= 0.6 is 11.3 Å². The third kappa shape index (κ3) is 5.35. The summed E-state index contributed by atoms with van der Waals surface area (Å²) in [6.07, 6.45) is 0.709. The van der Waals surface area contributed by atoms with Crippen LogP contribution in [0.5, 0.6) is 0 Å². The summed E-state index contributed by atoms with van der Waals surface area (Å²) in [6.45, 7) is 3.69. The SMILES string of the molecule is CCOC(=O)c1csc(NC(=O)C2CCN(S(=O)(=O)c3cccc(C(C)=O)c3)CC2)n1. The summed E-state index contributed by atoms with van der Waals surface area (Å²) in [4.78, 5) is 39.9. The first-order chi connectivity index (χ1) is 14.7. The number of Topliss-reactive ketones (excluding diaryl/α,β-unsaturated/α-hetero) is 1. The van der Waals surface area contributed by atoms with Gasteiger partial charge in [0.15, 0.2) is 16.6 Å². The third-order valence-electron chi connectivity index (χ3n) is 4.92. The minimum Gasteiger partial charge on any atom is -0.461 e. The Balaban J connectivity index is 1.60. The van der Waals surface area contributed by atoms with Crippen LogP contribution in [-0.4, -0.2) is 55.1 Å². The molecule has 1 aliphatic rings. The van der Waals surface area contributed by atoms with Crippen molar-refractivity contribution in [1.29, 1.82) is 0 Å². The van der Waals surface area contributed by atoms with Gasteiger partial charge in [-0.15, -0.1) is 11.3 Å². The van der Waals surface area contributed by atoms with E-state index in [1.807, 2.05) is 0 Å². The van der Waals surface area contributed by atoms with Crippen LogP contribution in [0.25, 0.3) is 0 Å². The average molecular weight is 466 g/mol. The fourth-order valence-corrected chi connectivity index (χ4v) is 5.42. The number of esters is 1. The Bertz CT molecular complexity index is 1090. The minimum absolute atomic E-state index is 0.0670. The molecule has 0 atom stereocenters. The molecule has 3 rings (SSSR count). The number of ketones is 1. The number of ether oxygens (including phenoxy) is 1. The number of benzene rings is 1. The molecule has 1 fully saturated rings. The molecule has 1 saturated heterocycles. The molecule has 0 radical (unpaired) electrons. The highest BCUT2D eigenvalue weighted by atomic mass is 32.2. The number of aromatic nitrogens is 1. The zero-order valence-corrected chi connectivity index (χ0v) is 18.8. The Labute approximate surface area is 184 Å². The van der Waals surface area contributed by atoms with Crippen molar-refractivity contribution in [3.8, 4) is 0 Å². The highest BCUT2D eigenvalue weighted by Gasteiger charge is 2.32. The van der Waals surface area contributed by atoms with Gasteiger partial charge in [-0.2, -0.15) is 4.31 Å². The first-order valence-corrected chi connectivity index (χ1v) is 12.1. The lowest BCUT2D eigenvalue weighted by atomic mass is 9.97. The van der Waals surface area contributed by atoms with Gasteiger partial charge in [0.25, 0.3) is 0 Å². The molecular formula is C20H23N3O6S2. The van der Waals surface area contributed by atoms with Crippen LogP contribution in [0.2, 0.25) is 0 Å². The standard InChI is InChI=1S/C20H23N3O6S2/c1-3-29-19(26)17-12-30-20(21-17)22-18(25)14-7-9-23(10-8-14)31(27,28)16-6-4-5-15(11-16)13(2)24/h4-6,11-12,14H,3,7-10H2,1-2H3,(H,21,22,25). The summed E-state index contributed by atoms with van der Waals surface area (Å²) in [5.41, 5.74) is 0.469. The molecule has 1 amide bonds. The highest BCUT2D eigenvalue weighted by molar-refractivity contribution is 7.89. The second kappa shape index (κ2) is 9.67. The van der Waals surface area contributed by atoms with Gasteiger partial charge in [-0.1, -0.05) is 12.1 Å². The molecular weight excluding hydrogens is 442 g/mol. The Morgan fingerprint density at radius 3 is 2.61 bits per heavy atom. The normalized spacial score (nSPS) is 15.4. The average Bonchev–Trinajstić information content (AvgIpc) is 3.22. The summed E-state index contributed by atoms with van der Waals surface area (Å²) in [5, 5.41) is 4.50. The van der Waals surface area contributed by atoms with Crippen LogP contribution in [0, 0.1) is 5.92 Å². The number of hydrogen-bond donors (Lipinski definition) is 1. The van der Waals surface area contributed by atoms with Gasteiger partial charge in [0, 0.05) is 30.0 Å². The molecule has 1 N–H and O–H groups in total. The number of anilines is 1. The number of carbonyl (C=O) groups excluding carboxylic acids is 3. The van der Waals surface area contributed by atoms with Crippen LogP contribution < -0.4 is 5.32 Å². The van der Waals surface area contributed by atoms with E-state index in [4.69, 9.17) is 4.74 Å². The lowest BCUT2D eigenvalue weighted by molar-refractivity contribution is -0.120. The van der Waals surface area contributed by atoms with E-state index in [-0.39, 0.29) is 47.9 Å². The summed E-state index contributed by atoms with van der Waals surface area (Å²) >= 11 is 1.12. The van der Waals surface area contributed by atoms with Crippen molar-refractivity contribution in [2.45, 2.75) is 31.6 Å². The zero-order chi connectivity index (χ0) is 22.6. The van der Waals surface area contributed by atoms with Crippen LogP contribution in [0.15, 0.2) is 34.5 Å². The van der Waals surface area contributed by atoms with Crippen LogP contribution in [0.1, 0.15) is 47.5 Å². The van der Waals surface area contributed by atoms with Gasteiger partial charge < -0.3 is 10.1 Å². The van der Waals surface area contributed by atoms with Gasteiger partial charge in [-0.3, -0.25) is 9.59 Å². The fourth-order valence-electron chi connectivity index (χ4n) is 3.22. The van der Waals surface area contributed by atoms with E-state index in [0.29, 0.717) is 23.5 Å². The number of sulfonamides is 1. The van der Waals surface area contributed by atoms with Crippen molar-refractivity contribution in [3.63, 3.8) is 0 Å². The third-order valence-corrected chi connectivity index (χ3v) is 7.57. The number of hydrogen-bond acceptors (Lipinski definition) is 8. The predicted molar refractivity (Wildman–Crippen MR) is 115 cm³/mol. The van der Waals surface area contributed by atoms with Gasteiger partial charge in [-0.25, -0.2) is 18.2 Å². The van der Waals surface area contributed by atoms with E-state index < -0.39 is 16.0 Å². The van der Waals surface area contributed by atoms with Crippen molar-refractivity contribution < 1.29 is 27.5 Å². The summed E-state index contributed by atoms with van der Waals surface area (Å²) in [7, 11) is -3.75. The molecule has 0 unspecified atom stereocenters. The van der Waals surface area contributed by atoms with E-state index in [9.17, 15) is 22.8 Å². The van der Waals surface area contributed by atoms with Crippen LogP contribution in [0.3, 0.4) is 0 Å². The Morgan fingerprint density at radius 1 is 1.26 bits per heavy atom. The second-order valence-corrected chi connectivity index (χ2v) is 9.81. The molecule has 0 bridgehead atoms. The number of nitrogens with zero attached hydrogens (tertiary/aromatic N) is 2. The summed E-state index contributed by atoms with van der Waals surface area (Å²) in [6, 6.07) is 5.95. The van der Waals surface area contributed by atoms with E-state index >= 15 is 0 Å². The smallest absolute Gasteiger partial charge is 0.357 e. The molecule has 1 aromatic heterocycles. The molecule has 2 heterocycles. The molecule has 1 aromatic carbocycles. The zero-order valence-electron chi connectivity index (χ0n) is 17.2. The monoisotopic (exact) mass is 465 g/mol. The van der Waals surface area contributed by atoms with E-state index in [0.717, 1.165) is 11.3 Å². The molecule has 2 aromatic rings. The fraction of sp³-hybridized carbons (Fsp3) is 0.400. The maximum atomic E-state index is 12.9. The van der Waals surface area contributed by atoms with Crippen molar-refractivity contribution in [2.75, 3.05) is 25.0 Å². The Kier molecular flexibility index (Phi) is 7.19. The number of thiazole rings is 1. The van der Waals surface area contributed by atoms with Crippen molar-refractivity contribution >= 4 is 44.2 Å². The molecule has 166 valence electrons. The molecule has 9 nitrogen and oxygen atoms in total. The highest BCUT2D eigenvalue weighted by Crippen LogP contribution is 2.26. The largest absolute Gasteiger partial charge is 0.461 e. The molecule has 31 heavy (non-hydrogen) atoms. The maximum absolute atomic E-state index is 12.9. The van der Waals surface area contributed by atoms with E-state index in [1.165, 1.54) is 28.7 Å². The van der Waals surface area contributed by atoms with Crippen molar-refractivity contribution in [3.05, 3.63) is 40.9 Å². The molecule has 1 aliphatic heterocycles. The lowest BCUT2D eigenvalue weighted by Gasteiger charge is -2.30. The predicted octanol–water partition coefficient (Wildman–Crippen LogP) is 2.56. The molecule has 0 spiro atoms. The first kappa shape index (κ1) is 23.0. The number of nitrogens with one attached hydrogen (secondary N) is 1. The lowest BCUT2D eigenvalue weighted by Crippen LogP contribution is -2.41. The van der Waals surface area contributed by atoms with E-state index in [2.05, 4.69) is 10.3 Å². The van der Waals surface area contributed by atoms with Gasteiger partial charge in [0.1, 0.15) is 0 Å².